The van der Waals surface area contributed by atoms with Gasteiger partial charge in [-0.25, -0.2) is 0 Å². The number of nitrogens with zero attached hydrogens (tertiary/aromatic N) is 1. The summed E-state index contributed by atoms with van der Waals surface area (Å²) in [7, 11) is 0. The smallest absolute Gasteiger partial charge is 0.229 e. The van der Waals surface area contributed by atoms with Crippen LogP contribution in [0.4, 0.5) is 11.4 Å². The SMILES string of the molecule is O=C(Nc1cccc(Cl)c1)C1CC(=O)N(c2cccc(Br)c2)C1. The number of amides is 2. The van der Waals surface area contributed by atoms with Crippen molar-refractivity contribution in [2.75, 3.05) is 16.8 Å². The summed E-state index contributed by atoms with van der Waals surface area (Å²) in [5.74, 6) is -0.590. The van der Waals surface area contributed by atoms with Crippen LogP contribution >= 0.6 is 27.5 Å². The fraction of sp³-hybridized carbons (Fsp3) is 0.176. The maximum atomic E-state index is 12.4. The summed E-state index contributed by atoms with van der Waals surface area (Å²) in [6.07, 6.45) is 0.207. The highest BCUT2D eigenvalue weighted by molar-refractivity contribution is 9.10. The molecule has 3 rings (SSSR count). The van der Waals surface area contributed by atoms with E-state index in [2.05, 4.69) is 21.2 Å². The molecular formula is C17H14BrClN2O2. The second kappa shape index (κ2) is 6.72. The average Bonchev–Trinajstić information content (AvgIpc) is 2.89. The standard InChI is InChI=1S/C17H14BrClN2O2/c18-12-3-1-6-15(8-12)21-10-11(7-16(21)22)17(23)20-14-5-2-4-13(19)9-14/h1-6,8-9,11H,7,10H2,(H,20,23). The van der Waals surface area contributed by atoms with Crippen molar-refractivity contribution >= 4 is 50.7 Å². The molecule has 2 aromatic rings. The molecule has 1 aliphatic heterocycles. The van der Waals surface area contributed by atoms with Crippen LogP contribution in [0.15, 0.2) is 53.0 Å². The van der Waals surface area contributed by atoms with Gasteiger partial charge >= 0.3 is 0 Å². The number of benzene rings is 2. The Balaban J connectivity index is 1.70. The maximum absolute atomic E-state index is 12.4. The van der Waals surface area contributed by atoms with E-state index in [0.717, 1.165) is 10.2 Å². The summed E-state index contributed by atoms with van der Waals surface area (Å²) in [5.41, 5.74) is 1.43. The van der Waals surface area contributed by atoms with Crippen LogP contribution in [0.1, 0.15) is 6.42 Å². The van der Waals surface area contributed by atoms with E-state index in [4.69, 9.17) is 11.6 Å². The average molecular weight is 394 g/mol. The number of halogens is 2. The largest absolute Gasteiger partial charge is 0.326 e. The zero-order valence-corrected chi connectivity index (χ0v) is 14.5. The Bertz CT molecular complexity index is 766. The fourth-order valence-corrected chi connectivity index (χ4v) is 3.16. The first-order valence-corrected chi connectivity index (χ1v) is 8.32. The van der Waals surface area contributed by atoms with Gasteiger partial charge in [0.2, 0.25) is 11.8 Å². The molecule has 118 valence electrons. The molecule has 0 spiro atoms. The van der Waals surface area contributed by atoms with E-state index in [0.29, 0.717) is 17.3 Å². The molecule has 1 saturated heterocycles. The lowest BCUT2D eigenvalue weighted by Gasteiger charge is -2.17. The number of anilines is 2. The van der Waals surface area contributed by atoms with E-state index in [-0.39, 0.29) is 24.2 Å². The Morgan fingerprint density at radius 1 is 1.22 bits per heavy atom. The van der Waals surface area contributed by atoms with Crippen molar-refractivity contribution in [2.24, 2.45) is 5.92 Å². The normalized spacial score (nSPS) is 17.4. The molecule has 2 amide bonds. The van der Waals surface area contributed by atoms with Gasteiger partial charge in [-0.15, -0.1) is 0 Å². The number of rotatable bonds is 3. The first kappa shape index (κ1) is 16.0. The third kappa shape index (κ3) is 3.74. The summed E-state index contributed by atoms with van der Waals surface area (Å²) in [6, 6.07) is 14.5. The second-order valence-electron chi connectivity index (χ2n) is 5.38. The molecule has 0 radical (unpaired) electrons. The highest BCUT2D eigenvalue weighted by Gasteiger charge is 2.35. The van der Waals surface area contributed by atoms with Crippen molar-refractivity contribution in [3.05, 3.63) is 58.0 Å². The predicted molar refractivity (Wildman–Crippen MR) is 94.7 cm³/mol. The van der Waals surface area contributed by atoms with Gasteiger partial charge in [-0.05, 0) is 36.4 Å². The molecular weight excluding hydrogens is 380 g/mol. The number of carbonyl (C=O) groups is 2. The van der Waals surface area contributed by atoms with Gasteiger partial charge in [-0.1, -0.05) is 39.7 Å². The number of nitrogens with one attached hydrogen (secondary N) is 1. The molecule has 2 aromatic carbocycles. The van der Waals surface area contributed by atoms with Crippen molar-refractivity contribution in [3.8, 4) is 0 Å². The zero-order chi connectivity index (χ0) is 16.4. The molecule has 1 heterocycles. The Hall–Kier alpha value is -1.85. The van der Waals surface area contributed by atoms with Gasteiger partial charge in [0.1, 0.15) is 0 Å². The Labute approximate surface area is 147 Å². The minimum Gasteiger partial charge on any atom is -0.326 e. The molecule has 1 unspecified atom stereocenters. The van der Waals surface area contributed by atoms with Gasteiger partial charge in [0.25, 0.3) is 0 Å². The molecule has 1 aliphatic rings. The third-order valence-corrected chi connectivity index (χ3v) is 4.44. The molecule has 23 heavy (non-hydrogen) atoms. The van der Waals surface area contributed by atoms with Crippen molar-refractivity contribution in [2.45, 2.75) is 6.42 Å². The van der Waals surface area contributed by atoms with E-state index in [1.54, 1.807) is 29.2 Å². The quantitative estimate of drug-likeness (QED) is 0.854. The van der Waals surface area contributed by atoms with Crippen molar-refractivity contribution in [1.29, 1.82) is 0 Å². The van der Waals surface area contributed by atoms with Crippen LogP contribution in [-0.4, -0.2) is 18.4 Å². The van der Waals surface area contributed by atoms with Crippen LogP contribution in [0.25, 0.3) is 0 Å². The van der Waals surface area contributed by atoms with Gasteiger partial charge in [0, 0.05) is 33.8 Å². The number of hydrogen-bond acceptors (Lipinski definition) is 2. The van der Waals surface area contributed by atoms with Crippen molar-refractivity contribution in [3.63, 3.8) is 0 Å². The Morgan fingerprint density at radius 2 is 2.00 bits per heavy atom. The van der Waals surface area contributed by atoms with Crippen LogP contribution in [0.3, 0.4) is 0 Å². The number of hydrogen-bond donors (Lipinski definition) is 1. The predicted octanol–water partition coefficient (Wildman–Crippen LogP) is 4.09. The van der Waals surface area contributed by atoms with Gasteiger partial charge in [0.15, 0.2) is 0 Å². The summed E-state index contributed by atoms with van der Waals surface area (Å²) in [6.45, 7) is 0.377. The first-order valence-electron chi connectivity index (χ1n) is 7.15. The lowest BCUT2D eigenvalue weighted by Crippen LogP contribution is -2.28. The highest BCUT2D eigenvalue weighted by atomic mass is 79.9. The minimum absolute atomic E-state index is 0.0469. The molecule has 0 bridgehead atoms. The van der Waals surface area contributed by atoms with Crippen molar-refractivity contribution in [1.82, 2.24) is 0 Å². The van der Waals surface area contributed by atoms with E-state index < -0.39 is 0 Å². The molecule has 1 fully saturated rings. The zero-order valence-electron chi connectivity index (χ0n) is 12.1. The van der Waals surface area contributed by atoms with Gasteiger partial charge in [-0.3, -0.25) is 9.59 Å². The van der Waals surface area contributed by atoms with Crippen LogP contribution in [0, 0.1) is 5.92 Å². The van der Waals surface area contributed by atoms with Crippen LogP contribution < -0.4 is 10.2 Å². The van der Waals surface area contributed by atoms with Gasteiger partial charge < -0.3 is 10.2 Å². The molecule has 0 aromatic heterocycles. The lowest BCUT2D eigenvalue weighted by molar-refractivity contribution is -0.122. The summed E-state index contributed by atoms with van der Waals surface area (Å²) < 4.78 is 0.898. The van der Waals surface area contributed by atoms with E-state index in [1.807, 2.05) is 24.3 Å². The van der Waals surface area contributed by atoms with Crippen LogP contribution in [-0.2, 0) is 9.59 Å². The summed E-state index contributed by atoms with van der Waals surface area (Å²) in [4.78, 5) is 26.2. The fourth-order valence-electron chi connectivity index (χ4n) is 2.59. The first-order chi connectivity index (χ1) is 11.0. The molecule has 0 aliphatic carbocycles. The van der Waals surface area contributed by atoms with Gasteiger partial charge in [-0.2, -0.15) is 0 Å². The van der Waals surface area contributed by atoms with Crippen LogP contribution in [0.2, 0.25) is 5.02 Å². The molecule has 6 heteroatoms. The highest BCUT2D eigenvalue weighted by Crippen LogP contribution is 2.28. The minimum atomic E-state index is -0.375. The monoisotopic (exact) mass is 392 g/mol. The maximum Gasteiger partial charge on any atom is 0.229 e. The molecule has 1 N–H and O–H groups in total. The molecule has 0 saturated carbocycles. The summed E-state index contributed by atoms with van der Waals surface area (Å²) >= 11 is 9.31. The third-order valence-electron chi connectivity index (χ3n) is 3.71. The second-order valence-corrected chi connectivity index (χ2v) is 6.74. The van der Waals surface area contributed by atoms with Crippen LogP contribution in [0.5, 0.6) is 0 Å². The van der Waals surface area contributed by atoms with Crippen molar-refractivity contribution < 1.29 is 9.59 Å². The number of carbonyl (C=O) groups excluding carboxylic acids is 2. The summed E-state index contributed by atoms with van der Waals surface area (Å²) in [5, 5.41) is 3.37. The Kier molecular flexibility index (Phi) is 4.68. The Morgan fingerprint density at radius 3 is 2.74 bits per heavy atom. The van der Waals surface area contributed by atoms with E-state index >= 15 is 0 Å². The topological polar surface area (TPSA) is 49.4 Å². The van der Waals surface area contributed by atoms with E-state index in [1.165, 1.54) is 0 Å². The van der Waals surface area contributed by atoms with E-state index in [9.17, 15) is 9.59 Å². The molecule has 1 atom stereocenters. The van der Waals surface area contributed by atoms with Gasteiger partial charge in [0.05, 0.1) is 5.92 Å². The molecule has 4 nitrogen and oxygen atoms in total. The lowest BCUT2D eigenvalue weighted by atomic mass is 10.1.